The van der Waals surface area contributed by atoms with E-state index < -0.39 is 10.0 Å². The van der Waals surface area contributed by atoms with Gasteiger partial charge >= 0.3 is 0 Å². The molecule has 0 spiro atoms. The topological polar surface area (TPSA) is 64.6 Å². The van der Waals surface area contributed by atoms with Crippen LogP contribution in [0.4, 0.5) is 0 Å². The Hall–Kier alpha value is -2.57. The number of fused-ring (bicyclic) bond motifs is 2. The lowest BCUT2D eigenvalue weighted by Gasteiger charge is -2.19. The van der Waals surface area contributed by atoms with Crippen molar-refractivity contribution in [1.29, 1.82) is 0 Å². The number of rotatable bonds is 7. The van der Waals surface area contributed by atoms with E-state index in [-0.39, 0.29) is 18.0 Å². The highest BCUT2D eigenvalue weighted by atomic mass is 32.2. The third-order valence-corrected chi connectivity index (χ3v) is 6.80. The van der Waals surface area contributed by atoms with Gasteiger partial charge in [-0.05, 0) is 60.4 Å². The van der Waals surface area contributed by atoms with Crippen molar-refractivity contribution in [3.8, 4) is 11.5 Å². The number of aryl methyl sites for hydroxylation is 2. The lowest BCUT2D eigenvalue weighted by Crippen LogP contribution is -2.29. The molecule has 1 aliphatic rings. The molecular formula is C23H25NO4S. The van der Waals surface area contributed by atoms with Crippen molar-refractivity contribution >= 4 is 20.8 Å². The molecule has 1 N–H and O–H groups in total. The lowest BCUT2D eigenvalue weighted by molar-refractivity contribution is 0.326. The number of benzene rings is 3. The van der Waals surface area contributed by atoms with Gasteiger partial charge in [-0.2, -0.15) is 0 Å². The second-order valence-corrected chi connectivity index (χ2v) is 8.94. The van der Waals surface area contributed by atoms with Crippen LogP contribution in [0.3, 0.4) is 0 Å². The summed E-state index contributed by atoms with van der Waals surface area (Å²) in [6, 6.07) is 17.4. The van der Waals surface area contributed by atoms with Crippen LogP contribution >= 0.6 is 0 Å². The van der Waals surface area contributed by atoms with Crippen LogP contribution in [0.25, 0.3) is 10.8 Å². The number of methoxy groups -OCH3 is 1. The molecule has 0 amide bonds. The van der Waals surface area contributed by atoms with Crippen molar-refractivity contribution in [2.24, 2.45) is 0 Å². The summed E-state index contributed by atoms with van der Waals surface area (Å²) in [6.07, 6.45) is 4.10. The van der Waals surface area contributed by atoms with Crippen LogP contribution in [-0.2, 0) is 22.9 Å². The number of sulfonamides is 1. The summed E-state index contributed by atoms with van der Waals surface area (Å²) in [7, 11) is -2.18. The molecular weight excluding hydrogens is 386 g/mol. The van der Waals surface area contributed by atoms with Crippen LogP contribution in [0.1, 0.15) is 24.0 Å². The molecule has 0 fully saturated rings. The molecule has 152 valence electrons. The van der Waals surface area contributed by atoms with Gasteiger partial charge in [0.2, 0.25) is 10.0 Å². The summed E-state index contributed by atoms with van der Waals surface area (Å²) in [6.45, 7) is 0.409. The molecule has 4 rings (SSSR count). The van der Waals surface area contributed by atoms with Crippen molar-refractivity contribution in [3.05, 3.63) is 65.7 Å². The minimum absolute atomic E-state index is 0.172. The van der Waals surface area contributed by atoms with Gasteiger partial charge in [0.25, 0.3) is 0 Å². The van der Waals surface area contributed by atoms with E-state index in [9.17, 15) is 8.42 Å². The Bertz CT molecular complexity index is 1120. The fourth-order valence-corrected chi connectivity index (χ4v) is 5.06. The van der Waals surface area contributed by atoms with Gasteiger partial charge in [-0.3, -0.25) is 0 Å². The van der Waals surface area contributed by atoms with Gasteiger partial charge in [-0.25, -0.2) is 13.1 Å². The molecule has 5 nitrogen and oxygen atoms in total. The first-order chi connectivity index (χ1) is 14.1. The SMILES string of the molecule is COc1cc2c(cc1S(=O)(=O)NCCOc1cccc3ccccc13)CCCC2. The van der Waals surface area contributed by atoms with Crippen molar-refractivity contribution in [1.82, 2.24) is 4.72 Å². The lowest BCUT2D eigenvalue weighted by atomic mass is 9.92. The fourth-order valence-electron chi connectivity index (χ4n) is 3.85. The van der Waals surface area contributed by atoms with Crippen LogP contribution in [0.5, 0.6) is 11.5 Å². The summed E-state index contributed by atoms with van der Waals surface area (Å²) >= 11 is 0. The van der Waals surface area contributed by atoms with E-state index in [4.69, 9.17) is 9.47 Å². The van der Waals surface area contributed by atoms with Crippen LogP contribution in [-0.4, -0.2) is 28.7 Å². The second kappa shape index (κ2) is 8.43. The molecule has 1 aliphatic carbocycles. The number of hydrogen-bond acceptors (Lipinski definition) is 4. The first kappa shape index (κ1) is 19.7. The van der Waals surface area contributed by atoms with Gasteiger partial charge in [-0.1, -0.05) is 36.4 Å². The third-order valence-electron chi connectivity index (χ3n) is 5.32. The highest BCUT2D eigenvalue weighted by molar-refractivity contribution is 7.89. The summed E-state index contributed by atoms with van der Waals surface area (Å²) < 4.78 is 39.6. The number of nitrogens with one attached hydrogen (secondary N) is 1. The minimum Gasteiger partial charge on any atom is -0.495 e. The molecule has 6 heteroatoms. The first-order valence-electron chi connectivity index (χ1n) is 9.88. The quantitative estimate of drug-likeness (QED) is 0.595. The molecule has 3 aromatic rings. The van der Waals surface area contributed by atoms with Gasteiger partial charge in [0.1, 0.15) is 23.0 Å². The Morgan fingerprint density at radius 3 is 2.45 bits per heavy atom. The Labute approximate surface area is 171 Å². The molecule has 0 saturated heterocycles. The van der Waals surface area contributed by atoms with E-state index in [1.54, 1.807) is 6.07 Å². The summed E-state index contributed by atoms with van der Waals surface area (Å²) in [5.41, 5.74) is 2.29. The van der Waals surface area contributed by atoms with Crippen molar-refractivity contribution in [2.75, 3.05) is 20.3 Å². The van der Waals surface area contributed by atoms with Crippen LogP contribution < -0.4 is 14.2 Å². The predicted molar refractivity (Wildman–Crippen MR) is 114 cm³/mol. The molecule has 0 saturated carbocycles. The Kier molecular flexibility index (Phi) is 5.74. The summed E-state index contributed by atoms with van der Waals surface area (Å²) in [5, 5.41) is 2.10. The van der Waals surface area contributed by atoms with Crippen molar-refractivity contribution in [2.45, 2.75) is 30.6 Å². The normalized spacial score (nSPS) is 13.8. The maximum Gasteiger partial charge on any atom is 0.244 e. The zero-order valence-electron chi connectivity index (χ0n) is 16.5. The summed E-state index contributed by atoms with van der Waals surface area (Å²) in [5.74, 6) is 1.14. The van der Waals surface area contributed by atoms with Crippen LogP contribution in [0, 0.1) is 0 Å². The molecule has 0 unspecified atom stereocenters. The second-order valence-electron chi connectivity index (χ2n) is 7.20. The van der Waals surface area contributed by atoms with E-state index in [0.29, 0.717) is 5.75 Å². The first-order valence-corrected chi connectivity index (χ1v) is 11.4. The molecule has 0 bridgehead atoms. The number of ether oxygens (including phenoxy) is 2. The zero-order valence-corrected chi connectivity index (χ0v) is 17.3. The Morgan fingerprint density at radius 2 is 1.66 bits per heavy atom. The molecule has 0 aliphatic heterocycles. The van der Waals surface area contributed by atoms with Gasteiger partial charge < -0.3 is 9.47 Å². The van der Waals surface area contributed by atoms with Gasteiger partial charge in [0.05, 0.1) is 7.11 Å². The molecule has 0 aromatic heterocycles. The maximum absolute atomic E-state index is 12.9. The van der Waals surface area contributed by atoms with Gasteiger partial charge in [0, 0.05) is 11.9 Å². The van der Waals surface area contributed by atoms with Gasteiger partial charge in [0.15, 0.2) is 0 Å². The molecule has 0 atom stereocenters. The number of hydrogen-bond donors (Lipinski definition) is 1. The largest absolute Gasteiger partial charge is 0.495 e. The molecule has 0 heterocycles. The van der Waals surface area contributed by atoms with E-state index in [2.05, 4.69) is 4.72 Å². The standard InChI is InChI=1S/C23H25NO4S/c1-27-22-15-18-8-2-3-9-19(18)16-23(22)29(25,26)24-13-14-28-21-12-6-10-17-7-4-5-11-20(17)21/h4-7,10-12,15-16,24H,2-3,8-9,13-14H2,1H3. The van der Waals surface area contributed by atoms with Crippen LogP contribution in [0.2, 0.25) is 0 Å². The average Bonchev–Trinajstić information content (AvgIpc) is 2.75. The Balaban J connectivity index is 1.45. The highest BCUT2D eigenvalue weighted by Gasteiger charge is 2.23. The molecule has 29 heavy (non-hydrogen) atoms. The van der Waals surface area contributed by atoms with E-state index in [1.807, 2.05) is 48.5 Å². The smallest absolute Gasteiger partial charge is 0.244 e. The van der Waals surface area contributed by atoms with E-state index in [0.717, 1.165) is 47.8 Å². The Morgan fingerprint density at radius 1 is 0.931 bits per heavy atom. The summed E-state index contributed by atoms with van der Waals surface area (Å²) in [4.78, 5) is 0.200. The van der Waals surface area contributed by atoms with Crippen molar-refractivity contribution in [3.63, 3.8) is 0 Å². The fraction of sp³-hybridized carbons (Fsp3) is 0.304. The minimum atomic E-state index is -3.69. The van der Waals surface area contributed by atoms with E-state index >= 15 is 0 Å². The monoisotopic (exact) mass is 411 g/mol. The maximum atomic E-state index is 12.9. The van der Waals surface area contributed by atoms with Gasteiger partial charge in [-0.15, -0.1) is 0 Å². The molecule has 3 aromatic carbocycles. The predicted octanol–water partition coefficient (Wildman–Crippen LogP) is 4.08. The van der Waals surface area contributed by atoms with Crippen LogP contribution in [0.15, 0.2) is 59.5 Å². The highest BCUT2D eigenvalue weighted by Crippen LogP contribution is 2.32. The van der Waals surface area contributed by atoms with Crippen molar-refractivity contribution < 1.29 is 17.9 Å². The average molecular weight is 412 g/mol. The molecule has 0 radical (unpaired) electrons. The zero-order chi connectivity index (χ0) is 20.3. The third kappa shape index (κ3) is 4.23. The van der Waals surface area contributed by atoms with E-state index in [1.165, 1.54) is 12.7 Å².